The van der Waals surface area contributed by atoms with E-state index in [-0.39, 0.29) is 0 Å². The van der Waals surface area contributed by atoms with Crippen molar-refractivity contribution in [3.63, 3.8) is 0 Å². The van der Waals surface area contributed by atoms with Gasteiger partial charge in [-0.05, 0) is 22.6 Å². The SMILES string of the molecule is C#CCCn1cc(I)cn1. The van der Waals surface area contributed by atoms with E-state index in [1.54, 1.807) is 0 Å². The summed E-state index contributed by atoms with van der Waals surface area (Å²) < 4.78 is 3.00. The molecule has 1 aromatic heterocycles. The number of hydrogen-bond acceptors (Lipinski definition) is 1. The van der Waals surface area contributed by atoms with Crippen LogP contribution in [-0.2, 0) is 6.54 Å². The zero-order valence-electron chi connectivity index (χ0n) is 5.42. The Morgan fingerprint density at radius 1 is 1.80 bits per heavy atom. The van der Waals surface area contributed by atoms with Crippen molar-refractivity contribution in [1.29, 1.82) is 0 Å². The Morgan fingerprint density at radius 3 is 3.10 bits per heavy atom. The van der Waals surface area contributed by atoms with Crippen molar-refractivity contribution in [2.45, 2.75) is 13.0 Å². The molecule has 3 heteroatoms. The Kier molecular flexibility index (Phi) is 2.75. The first-order valence-electron chi connectivity index (χ1n) is 2.94. The molecule has 0 atom stereocenters. The summed E-state index contributed by atoms with van der Waals surface area (Å²) in [6.07, 6.45) is 9.62. The zero-order chi connectivity index (χ0) is 7.40. The topological polar surface area (TPSA) is 17.8 Å². The molecule has 0 spiro atoms. The molecule has 0 N–H and O–H groups in total. The van der Waals surface area contributed by atoms with E-state index >= 15 is 0 Å². The van der Waals surface area contributed by atoms with Crippen molar-refractivity contribution < 1.29 is 0 Å². The molecule has 0 aromatic carbocycles. The molecular weight excluding hydrogens is 239 g/mol. The molecule has 0 radical (unpaired) electrons. The monoisotopic (exact) mass is 246 g/mol. The van der Waals surface area contributed by atoms with Crippen LogP contribution in [-0.4, -0.2) is 9.78 Å². The van der Waals surface area contributed by atoms with Crippen molar-refractivity contribution in [1.82, 2.24) is 9.78 Å². The van der Waals surface area contributed by atoms with Crippen LogP contribution in [0, 0.1) is 15.9 Å². The normalized spacial score (nSPS) is 9.20. The summed E-state index contributed by atoms with van der Waals surface area (Å²) in [5, 5.41) is 4.07. The van der Waals surface area contributed by atoms with E-state index in [9.17, 15) is 0 Å². The average Bonchev–Trinajstić information content (AvgIpc) is 2.31. The molecule has 0 saturated carbocycles. The van der Waals surface area contributed by atoms with Gasteiger partial charge in [0, 0.05) is 12.6 Å². The zero-order valence-corrected chi connectivity index (χ0v) is 7.58. The second-order valence-electron chi connectivity index (χ2n) is 1.88. The van der Waals surface area contributed by atoms with Crippen LogP contribution in [0.15, 0.2) is 12.4 Å². The Hall–Kier alpha value is -0.500. The fraction of sp³-hybridized carbons (Fsp3) is 0.286. The molecule has 1 rings (SSSR count). The largest absolute Gasteiger partial charge is 0.271 e. The van der Waals surface area contributed by atoms with Crippen molar-refractivity contribution in [3.8, 4) is 12.3 Å². The summed E-state index contributed by atoms with van der Waals surface area (Å²) in [5.41, 5.74) is 0. The predicted octanol–water partition coefficient (Wildman–Crippen LogP) is 1.51. The van der Waals surface area contributed by atoms with Gasteiger partial charge in [0.15, 0.2) is 0 Å². The fourth-order valence-electron chi connectivity index (χ4n) is 0.640. The van der Waals surface area contributed by atoms with Gasteiger partial charge >= 0.3 is 0 Å². The number of rotatable bonds is 2. The van der Waals surface area contributed by atoms with Crippen LogP contribution in [0.2, 0.25) is 0 Å². The molecule has 0 fully saturated rings. The summed E-state index contributed by atoms with van der Waals surface area (Å²) >= 11 is 2.22. The summed E-state index contributed by atoms with van der Waals surface area (Å²) in [6, 6.07) is 0. The van der Waals surface area contributed by atoms with Crippen LogP contribution in [0.3, 0.4) is 0 Å². The van der Waals surface area contributed by atoms with Gasteiger partial charge in [-0.15, -0.1) is 12.3 Å². The van der Waals surface area contributed by atoms with E-state index < -0.39 is 0 Å². The number of nitrogens with zero attached hydrogens (tertiary/aromatic N) is 2. The second kappa shape index (κ2) is 3.62. The molecule has 2 nitrogen and oxygen atoms in total. The molecule has 1 heterocycles. The van der Waals surface area contributed by atoms with E-state index in [2.05, 4.69) is 33.6 Å². The first-order valence-corrected chi connectivity index (χ1v) is 4.02. The third kappa shape index (κ3) is 2.03. The van der Waals surface area contributed by atoms with Crippen LogP contribution in [0.4, 0.5) is 0 Å². The maximum Gasteiger partial charge on any atom is 0.0623 e. The van der Waals surface area contributed by atoms with Crippen LogP contribution in [0.1, 0.15) is 6.42 Å². The lowest BCUT2D eigenvalue weighted by atomic mass is 10.4. The Bertz CT molecular complexity index is 246. The first kappa shape index (κ1) is 7.61. The van der Waals surface area contributed by atoms with Gasteiger partial charge in [0.05, 0.1) is 16.3 Å². The van der Waals surface area contributed by atoms with E-state index in [1.165, 1.54) is 0 Å². The molecule has 0 saturated heterocycles. The lowest BCUT2D eigenvalue weighted by molar-refractivity contribution is 0.630. The standard InChI is InChI=1S/C7H7IN2/c1-2-3-4-10-6-7(8)5-9-10/h1,5-6H,3-4H2. The highest BCUT2D eigenvalue weighted by atomic mass is 127. The average molecular weight is 246 g/mol. The van der Waals surface area contributed by atoms with Gasteiger partial charge in [-0.2, -0.15) is 5.10 Å². The minimum absolute atomic E-state index is 0.748. The summed E-state index contributed by atoms with van der Waals surface area (Å²) in [6.45, 7) is 0.819. The molecule has 0 aliphatic rings. The van der Waals surface area contributed by atoms with Gasteiger partial charge in [0.2, 0.25) is 0 Å². The quantitative estimate of drug-likeness (QED) is 0.571. The Balaban J connectivity index is 2.52. The molecule has 0 aliphatic heterocycles. The van der Waals surface area contributed by atoms with Crippen LogP contribution < -0.4 is 0 Å². The van der Waals surface area contributed by atoms with Gasteiger partial charge in [-0.1, -0.05) is 0 Å². The fourth-order valence-corrected chi connectivity index (χ4v) is 1.09. The summed E-state index contributed by atoms with van der Waals surface area (Å²) in [5.74, 6) is 2.56. The summed E-state index contributed by atoms with van der Waals surface area (Å²) in [7, 11) is 0. The van der Waals surface area contributed by atoms with Crippen LogP contribution >= 0.6 is 22.6 Å². The highest BCUT2D eigenvalue weighted by Crippen LogP contribution is 2.00. The molecule has 52 valence electrons. The molecule has 10 heavy (non-hydrogen) atoms. The van der Waals surface area contributed by atoms with Gasteiger partial charge in [-0.25, -0.2) is 0 Å². The maximum atomic E-state index is 5.09. The van der Waals surface area contributed by atoms with Gasteiger partial charge in [-0.3, -0.25) is 4.68 Å². The smallest absolute Gasteiger partial charge is 0.0623 e. The van der Waals surface area contributed by atoms with E-state index in [4.69, 9.17) is 6.42 Å². The Morgan fingerprint density at radius 2 is 2.60 bits per heavy atom. The molecule has 0 aliphatic carbocycles. The summed E-state index contributed by atoms with van der Waals surface area (Å²) in [4.78, 5) is 0. The third-order valence-electron chi connectivity index (χ3n) is 1.09. The molecule has 1 aromatic rings. The van der Waals surface area contributed by atoms with Crippen LogP contribution in [0.5, 0.6) is 0 Å². The highest BCUT2D eigenvalue weighted by Gasteiger charge is 1.91. The number of halogens is 1. The van der Waals surface area contributed by atoms with Gasteiger partial charge in [0.1, 0.15) is 0 Å². The van der Waals surface area contributed by atoms with Crippen molar-refractivity contribution in [2.75, 3.05) is 0 Å². The second-order valence-corrected chi connectivity index (χ2v) is 3.12. The molecule has 0 amide bonds. The maximum absolute atomic E-state index is 5.09. The number of terminal acetylenes is 1. The predicted molar refractivity (Wildman–Crippen MR) is 48.4 cm³/mol. The first-order chi connectivity index (χ1) is 4.83. The number of aryl methyl sites for hydroxylation is 1. The highest BCUT2D eigenvalue weighted by molar-refractivity contribution is 14.1. The minimum Gasteiger partial charge on any atom is -0.271 e. The van der Waals surface area contributed by atoms with E-state index in [0.717, 1.165) is 16.5 Å². The number of aromatic nitrogens is 2. The lowest BCUT2D eigenvalue weighted by Crippen LogP contribution is -1.96. The van der Waals surface area contributed by atoms with Gasteiger partial charge in [0.25, 0.3) is 0 Å². The molecule has 0 bridgehead atoms. The van der Waals surface area contributed by atoms with Gasteiger partial charge < -0.3 is 0 Å². The minimum atomic E-state index is 0.748. The Labute approximate surface area is 73.8 Å². The van der Waals surface area contributed by atoms with Crippen molar-refractivity contribution in [2.24, 2.45) is 0 Å². The third-order valence-corrected chi connectivity index (χ3v) is 1.64. The molecular formula is C7H7IN2. The number of hydrogen-bond donors (Lipinski definition) is 0. The molecule has 0 unspecified atom stereocenters. The van der Waals surface area contributed by atoms with Crippen LogP contribution in [0.25, 0.3) is 0 Å². The lowest BCUT2D eigenvalue weighted by Gasteiger charge is -1.92. The van der Waals surface area contributed by atoms with E-state index in [1.807, 2.05) is 17.1 Å². The van der Waals surface area contributed by atoms with Crippen molar-refractivity contribution in [3.05, 3.63) is 16.0 Å². The van der Waals surface area contributed by atoms with E-state index in [0.29, 0.717) is 0 Å². The van der Waals surface area contributed by atoms with Crippen molar-refractivity contribution >= 4 is 22.6 Å².